The zero-order chi connectivity index (χ0) is 15.7. The maximum Gasteiger partial charge on any atom is 0.226 e. The number of aryl methyl sites for hydroxylation is 1. The van der Waals surface area contributed by atoms with Crippen molar-refractivity contribution in [2.45, 2.75) is 39.0 Å². The molecule has 5 heteroatoms. The van der Waals surface area contributed by atoms with Crippen LogP contribution in [-0.2, 0) is 9.59 Å². The smallest absolute Gasteiger partial charge is 0.226 e. The minimum Gasteiger partial charge on any atom is -0.341 e. The van der Waals surface area contributed by atoms with E-state index in [1.807, 2.05) is 28.1 Å². The Morgan fingerprint density at radius 3 is 2.59 bits per heavy atom. The molecule has 2 amide bonds. The van der Waals surface area contributed by atoms with Crippen LogP contribution >= 0.6 is 11.3 Å². The van der Waals surface area contributed by atoms with Crippen molar-refractivity contribution in [2.75, 3.05) is 26.2 Å². The summed E-state index contributed by atoms with van der Waals surface area (Å²) in [5.41, 5.74) is 0. The van der Waals surface area contributed by atoms with Gasteiger partial charge in [0.2, 0.25) is 11.8 Å². The van der Waals surface area contributed by atoms with E-state index in [-0.39, 0.29) is 11.8 Å². The van der Waals surface area contributed by atoms with Gasteiger partial charge in [0, 0.05) is 54.2 Å². The number of carbonyl (C=O) groups is 2. The summed E-state index contributed by atoms with van der Waals surface area (Å²) in [6.45, 7) is 6.97. The van der Waals surface area contributed by atoms with Gasteiger partial charge < -0.3 is 9.80 Å². The highest BCUT2D eigenvalue weighted by molar-refractivity contribution is 7.12. The Hall–Kier alpha value is -1.36. The van der Waals surface area contributed by atoms with Gasteiger partial charge in [-0.25, -0.2) is 0 Å². The van der Waals surface area contributed by atoms with Crippen LogP contribution in [0.5, 0.6) is 0 Å². The molecule has 0 aromatic carbocycles. The van der Waals surface area contributed by atoms with Gasteiger partial charge in [-0.3, -0.25) is 9.59 Å². The Bertz CT molecular complexity index is 569. The molecule has 120 valence electrons. The summed E-state index contributed by atoms with van der Waals surface area (Å²) < 4.78 is 0. The van der Waals surface area contributed by atoms with Crippen LogP contribution in [0.1, 0.15) is 41.9 Å². The van der Waals surface area contributed by atoms with Crippen molar-refractivity contribution in [1.82, 2.24) is 9.80 Å². The van der Waals surface area contributed by atoms with E-state index in [4.69, 9.17) is 0 Å². The van der Waals surface area contributed by atoms with Crippen LogP contribution in [-0.4, -0.2) is 47.8 Å². The van der Waals surface area contributed by atoms with Gasteiger partial charge in [0.15, 0.2) is 0 Å². The predicted octanol–water partition coefficient (Wildman–Crippen LogP) is 2.63. The molecule has 1 aliphatic heterocycles. The molecule has 0 spiro atoms. The average Bonchev–Trinajstić information content (AvgIpc) is 3.26. The lowest BCUT2D eigenvalue weighted by molar-refractivity contribution is -0.134. The summed E-state index contributed by atoms with van der Waals surface area (Å²) in [5, 5.41) is 0. The molecule has 1 aromatic heterocycles. The average molecular weight is 320 g/mol. The number of nitrogens with zero attached hydrogens (tertiary/aromatic N) is 2. The van der Waals surface area contributed by atoms with Gasteiger partial charge in [0.05, 0.1) is 0 Å². The first-order chi connectivity index (χ1) is 10.6. The van der Waals surface area contributed by atoms with E-state index >= 15 is 0 Å². The SMILES string of the molecule is CCC(=O)N1CCCN(C(=O)[C@H]2C[C@H]2c2ccc(C)s2)CC1. The minimum atomic E-state index is 0.173. The molecule has 0 unspecified atom stereocenters. The first kappa shape index (κ1) is 15.5. The standard InChI is InChI=1S/C17H24N2O2S/c1-3-16(20)18-7-4-8-19(10-9-18)17(21)14-11-13(14)15-6-5-12(2)22-15/h5-6,13-14H,3-4,7-11H2,1-2H3/t13-,14+/m1/s1. The number of hydrogen-bond acceptors (Lipinski definition) is 3. The molecular weight excluding hydrogens is 296 g/mol. The molecule has 1 aromatic rings. The maximum absolute atomic E-state index is 12.7. The Morgan fingerprint density at radius 2 is 1.91 bits per heavy atom. The summed E-state index contributed by atoms with van der Waals surface area (Å²) in [7, 11) is 0. The molecule has 0 bridgehead atoms. The summed E-state index contributed by atoms with van der Waals surface area (Å²) >= 11 is 1.81. The Balaban J connectivity index is 1.56. The molecule has 2 heterocycles. The van der Waals surface area contributed by atoms with E-state index in [2.05, 4.69) is 19.1 Å². The Kier molecular flexibility index (Phi) is 4.52. The lowest BCUT2D eigenvalue weighted by Crippen LogP contribution is -2.37. The highest BCUT2D eigenvalue weighted by atomic mass is 32.1. The van der Waals surface area contributed by atoms with E-state index in [9.17, 15) is 9.59 Å². The fourth-order valence-electron chi connectivity index (χ4n) is 3.28. The first-order valence-electron chi connectivity index (χ1n) is 8.23. The predicted molar refractivity (Wildman–Crippen MR) is 88.0 cm³/mol. The lowest BCUT2D eigenvalue weighted by Gasteiger charge is -2.22. The Morgan fingerprint density at radius 1 is 1.18 bits per heavy atom. The summed E-state index contributed by atoms with van der Waals surface area (Å²) in [6.07, 6.45) is 2.44. The lowest BCUT2D eigenvalue weighted by atomic mass is 10.2. The van der Waals surface area contributed by atoms with Gasteiger partial charge in [-0.05, 0) is 31.9 Å². The van der Waals surface area contributed by atoms with Crippen LogP contribution in [0, 0.1) is 12.8 Å². The van der Waals surface area contributed by atoms with Crippen LogP contribution in [0.3, 0.4) is 0 Å². The van der Waals surface area contributed by atoms with E-state index in [0.29, 0.717) is 31.3 Å². The number of rotatable bonds is 3. The second kappa shape index (κ2) is 6.41. The summed E-state index contributed by atoms with van der Waals surface area (Å²) in [6, 6.07) is 4.31. The van der Waals surface area contributed by atoms with Gasteiger partial charge in [-0.2, -0.15) is 0 Å². The molecule has 1 saturated heterocycles. The van der Waals surface area contributed by atoms with Crippen molar-refractivity contribution >= 4 is 23.2 Å². The molecule has 2 aliphatic rings. The molecule has 2 atom stereocenters. The largest absolute Gasteiger partial charge is 0.341 e. The third kappa shape index (κ3) is 3.19. The van der Waals surface area contributed by atoms with Crippen molar-refractivity contribution in [3.8, 4) is 0 Å². The van der Waals surface area contributed by atoms with Crippen LogP contribution < -0.4 is 0 Å². The van der Waals surface area contributed by atoms with Crippen LogP contribution in [0.25, 0.3) is 0 Å². The fraction of sp³-hybridized carbons (Fsp3) is 0.647. The van der Waals surface area contributed by atoms with Gasteiger partial charge in [-0.15, -0.1) is 11.3 Å². The molecule has 1 aliphatic carbocycles. The highest BCUT2D eigenvalue weighted by Crippen LogP contribution is 2.50. The Labute approximate surface area is 136 Å². The topological polar surface area (TPSA) is 40.6 Å². The van der Waals surface area contributed by atoms with Crippen molar-refractivity contribution in [3.05, 3.63) is 21.9 Å². The van der Waals surface area contributed by atoms with Crippen LogP contribution in [0.2, 0.25) is 0 Å². The zero-order valence-corrected chi connectivity index (χ0v) is 14.2. The van der Waals surface area contributed by atoms with Crippen molar-refractivity contribution in [3.63, 3.8) is 0 Å². The molecule has 1 saturated carbocycles. The van der Waals surface area contributed by atoms with E-state index in [1.54, 1.807) is 0 Å². The normalized spacial score (nSPS) is 25.0. The molecule has 3 rings (SSSR count). The third-order valence-corrected chi connectivity index (χ3v) is 5.83. The van der Waals surface area contributed by atoms with Crippen molar-refractivity contribution in [1.29, 1.82) is 0 Å². The van der Waals surface area contributed by atoms with E-state index < -0.39 is 0 Å². The van der Waals surface area contributed by atoms with Crippen LogP contribution in [0.4, 0.5) is 0 Å². The third-order valence-electron chi connectivity index (χ3n) is 4.70. The second-order valence-corrected chi connectivity index (χ2v) is 7.63. The van der Waals surface area contributed by atoms with Gasteiger partial charge in [-0.1, -0.05) is 6.92 Å². The van der Waals surface area contributed by atoms with Crippen LogP contribution in [0.15, 0.2) is 12.1 Å². The van der Waals surface area contributed by atoms with E-state index in [0.717, 1.165) is 25.9 Å². The fourth-order valence-corrected chi connectivity index (χ4v) is 4.34. The quantitative estimate of drug-likeness (QED) is 0.859. The first-order valence-corrected chi connectivity index (χ1v) is 9.04. The minimum absolute atomic E-state index is 0.173. The van der Waals surface area contributed by atoms with E-state index in [1.165, 1.54) is 9.75 Å². The molecule has 4 nitrogen and oxygen atoms in total. The maximum atomic E-state index is 12.7. The highest BCUT2D eigenvalue weighted by Gasteiger charge is 2.46. The molecule has 0 radical (unpaired) electrons. The zero-order valence-electron chi connectivity index (χ0n) is 13.4. The number of amides is 2. The molecule has 0 N–H and O–H groups in total. The van der Waals surface area contributed by atoms with Gasteiger partial charge in [0.25, 0.3) is 0 Å². The van der Waals surface area contributed by atoms with Crippen molar-refractivity contribution < 1.29 is 9.59 Å². The monoisotopic (exact) mass is 320 g/mol. The number of thiophene rings is 1. The van der Waals surface area contributed by atoms with Gasteiger partial charge >= 0.3 is 0 Å². The number of hydrogen-bond donors (Lipinski definition) is 0. The number of carbonyl (C=O) groups excluding carboxylic acids is 2. The van der Waals surface area contributed by atoms with Crippen molar-refractivity contribution in [2.24, 2.45) is 5.92 Å². The molecular formula is C17H24N2O2S. The molecule has 22 heavy (non-hydrogen) atoms. The molecule has 2 fully saturated rings. The summed E-state index contributed by atoms with van der Waals surface area (Å²) in [4.78, 5) is 31.0. The second-order valence-electron chi connectivity index (χ2n) is 6.31. The summed E-state index contributed by atoms with van der Waals surface area (Å²) in [5.74, 6) is 1.10. The van der Waals surface area contributed by atoms with Gasteiger partial charge in [0.1, 0.15) is 0 Å².